The number of aryl methyl sites for hydroxylation is 2. The van der Waals surface area contributed by atoms with Crippen LogP contribution in [-0.2, 0) is 15.2 Å². The van der Waals surface area contributed by atoms with Crippen LogP contribution in [0.1, 0.15) is 30.0 Å². The standard InChI is InChI=1S/C21H23NO4/c1-14-4-7-17(8-5-14)26-11-10-22-19-9-6-15(2)12-18(19)21(25,20(22)24)13-16(3)23/h4-9,12,25H,10-11,13H2,1-3H3. The molecule has 5 heteroatoms. The first-order valence-corrected chi connectivity index (χ1v) is 8.65. The molecule has 0 bridgehead atoms. The average molecular weight is 353 g/mol. The van der Waals surface area contributed by atoms with Crippen LogP contribution in [0.4, 0.5) is 5.69 Å². The average Bonchev–Trinajstić information content (AvgIpc) is 2.77. The van der Waals surface area contributed by atoms with Gasteiger partial charge in [0.2, 0.25) is 0 Å². The van der Waals surface area contributed by atoms with E-state index in [-0.39, 0.29) is 18.8 Å². The van der Waals surface area contributed by atoms with Crippen molar-refractivity contribution in [1.29, 1.82) is 0 Å². The number of hydrogen-bond acceptors (Lipinski definition) is 4. The van der Waals surface area contributed by atoms with E-state index in [1.807, 2.05) is 50.2 Å². The van der Waals surface area contributed by atoms with Crippen molar-refractivity contribution >= 4 is 17.4 Å². The molecule has 3 rings (SSSR count). The molecule has 1 atom stereocenters. The molecule has 1 N–H and O–H groups in total. The smallest absolute Gasteiger partial charge is 0.264 e. The Morgan fingerprint density at radius 3 is 2.42 bits per heavy atom. The summed E-state index contributed by atoms with van der Waals surface area (Å²) in [6.45, 7) is 5.86. The van der Waals surface area contributed by atoms with Crippen LogP contribution in [0.5, 0.6) is 5.75 Å². The Balaban J connectivity index is 1.80. The summed E-state index contributed by atoms with van der Waals surface area (Å²) in [5.74, 6) is 0.0252. The Bertz CT molecular complexity index is 844. The van der Waals surface area contributed by atoms with Gasteiger partial charge >= 0.3 is 0 Å². The zero-order valence-corrected chi connectivity index (χ0v) is 15.3. The fraction of sp³-hybridized carbons (Fsp3) is 0.333. The number of rotatable bonds is 6. The number of Topliss-reactive ketones (excluding diaryl/α,β-unsaturated/α-hetero) is 1. The van der Waals surface area contributed by atoms with Gasteiger partial charge in [0.25, 0.3) is 5.91 Å². The third-order valence-electron chi connectivity index (χ3n) is 4.60. The van der Waals surface area contributed by atoms with Gasteiger partial charge in [-0.2, -0.15) is 0 Å². The van der Waals surface area contributed by atoms with Gasteiger partial charge in [-0.05, 0) is 39.0 Å². The Kier molecular flexibility index (Phi) is 4.83. The van der Waals surface area contributed by atoms with Crippen molar-refractivity contribution in [2.24, 2.45) is 0 Å². The third-order valence-corrected chi connectivity index (χ3v) is 4.60. The van der Waals surface area contributed by atoms with Gasteiger partial charge in [-0.15, -0.1) is 0 Å². The van der Waals surface area contributed by atoms with Crippen LogP contribution >= 0.6 is 0 Å². The molecule has 2 aromatic carbocycles. The van der Waals surface area contributed by atoms with E-state index in [0.717, 1.165) is 16.9 Å². The summed E-state index contributed by atoms with van der Waals surface area (Å²) >= 11 is 0. The fourth-order valence-corrected chi connectivity index (χ4v) is 3.31. The second-order valence-electron chi connectivity index (χ2n) is 6.88. The molecule has 26 heavy (non-hydrogen) atoms. The van der Waals surface area contributed by atoms with Crippen LogP contribution in [0.2, 0.25) is 0 Å². The summed E-state index contributed by atoms with van der Waals surface area (Å²) < 4.78 is 5.72. The Labute approximate surface area is 153 Å². The molecular formula is C21H23NO4. The minimum atomic E-state index is -1.79. The zero-order valence-electron chi connectivity index (χ0n) is 15.3. The molecule has 0 radical (unpaired) electrons. The molecule has 0 saturated heterocycles. The second kappa shape index (κ2) is 6.92. The quantitative estimate of drug-likeness (QED) is 0.867. The molecule has 0 fully saturated rings. The number of ether oxygens (including phenoxy) is 1. The number of hydrogen-bond donors (Lipinski definition) is 1. The maximum absolute atomic E-state index is 12.9. The van der Waals surface area contributed by atoms with Gasteiger partial charge in [-0.3, -0.25) is 9.59 Å². The van der Waals surface area contributed by atoms with Crippen LogP contribution in [0.15, 0.2) is 42.5 Å². The highest BCUT2D eigenvalue weighted by molar-refractivity contribution is 6.08. The van der Waals surface area contributed by atoms with E-state index in [0.29, 0.717) is 17.8 Å². The van der Waals surface area contributed by atoms with E-state index in [9.17, 15) is 14.7 Å². The van der Waals surface area contributed by atoms with E-state index in [1.54, 1.807) is 6.07 Å². The molecule has 1 unspecified atom stereocenters. The van der Waals surface area contributed by atoms with Gasteiger partial charge in [0.1, 0.15) is 18.1 Å². The first-order chi connectivity index (χ1) is 12.3. The molecule has 5 nitrogen and oxygen atoms in total. The highest BCUT2D eigenvalue weighted by Crippen LogP contribution is 2.42. The summed E-state index contributed by atoms with van der Waals surface area (Å²) in [7, 11) is 0. The van der Waals surface area contributed by atoms with Crippen LogP contribution in [-0.4, -0.2) is 29.9 Å². The first-order valence-electron chi connectivity index (χ1n) is 8.65. The van der Waals surface area contributed by atoms with Crippen LogP contribution in [0, 0.1) is 13.8 Å². The lowest BCUT2D eigenvalue weighted by Crippen LogP contribution is -2.43. The maximum Gasteiger partial charge on any atom is 0.264 e. The van der Waals surface area contributed by atoms with E-state index >= 15 is 0 Å². The molecule has 0 saturated carbocycles. The normalized spacial score (nSPS) is 18.8. The lowest BCUT2D eigenvalue weighted by Gasteiger charge is -2.22. The number of fused-ring (bicyclic) bond motifs is 1. The van der Waals surface area contributed by atoms with Crippen molar-refractivity contribution < 1.29 is 19.4 Å². The van der Waals surface area contributed by atoms with Gasteiger partial charge in [0, 0.05) is 12.0 Å². The highest BCUT2D eigenvalue weighted by atomic mass is 16.5. The van der Waals surface area contributed by atoms with Crippen molar-refractivity contribution in [3.8, 4) is 5.75 Å². The molecule has 1 amide bonds. The highest BCUT2D eigenvalue weighted by Gasteiger charge is 2.50. The molecular weight excluding hydrogens is 330 g/mol. The van der Waals surface area contributed by atoms with Crippen molar-refractivity contribution in [1.82, 2.24) is 0 Å². The number of benzene rings is 2. The number of nitrogens with zero attached hydrogens (tertiary/aromatic N) is 1. The third kappa shape index (κ3) is 3.35. The Morgan fingerprint density at radius 1 is 1.12 bits per heavy atom. The lowest BCUT2D eigenvalue weighted by molar-refractivity contribution is -0.141. The molecule has 1 heterocycles. The lowest BCUT2D eigenvalue weighted by atomic mass is 9.89. The number of ketones is 1. The minimum Gasteiger partial charge on any atom is -0.492 e. The van der Waals surface area contributed by atoms with Crippen LogP contribution < -0.4 is 9.64 Å². The summed E-state index contributed by atoms with van der Waals surface area (Å²) in [4.78, 5) is 26.0. The Hall–Kier alpha value is -2.66. The second-order valence-corrected chi connectivity index (χ2v) is 6.88. The fourth-order valence-electron chi connectivity index (χ4n) is 3.31. The molecule has 0 spiro atoms. The maximum atomic E-state index is 12.9. The number of aliphatic hydroxyl groups is 1. The summed E-state index contributed by atoms with van der Waals surface area (Å²) in [6.07, 6.45) is -0.225. The van der Waals surface area contributed by atoms with Crippen molar-refractivity contribution in [3.05, 3.63) is 59.2 Å². The number of amides is 1. The molecule has 1 aliphatic heterocycles. The van der Waals surface area contributed by atoms with Crippen molar-refractivity contribution in [2.45, 2.75) is 32.8 Å². The molecule has 1 aliphatic rings. The number of carbonyl (C=O) groups excluding carboxylic acids is 2. The van der Waals surface area contributed by atoms with Gasteiger partial charge < -0.3 is 14.7 Å². The zero-order chi connectivity index (χ0) is 18.9. The number of anilines is 1. The largest absolute Gasteiger partial charge is 0.492 e. The summed E-state index contributed by atoms with van der Waals surface area (Å²) in [6, 6.07) is 13.2. The van der Waals surface area contributed by atoms with Crippen LogP contribution in [0.3, 0.4) is 0 Å². The van der Waals surface area contributed by atoms with E-state index in [2.05, 4.69) is 0 Å². The predicted octanol–water partition coefficient (Wildman–Crippen LogP) is 2.90. The first kappa shape index (κ1) is 18.1. The molecule has 136 valence electrons. The monoisotopic (exact) mass is 353 g/mol. The van der Waals surface area contributed by atoms with Gasteiger partial charge in [-0.1, -0.05) is 35.4 Å². The topological polar surface area (TPSA) is 66.8 Å². The van der Waals surface area contributed by atoms with Crippen LogP contribution in [0.25, 0.3) is 0 Å². The molecule has 0 aromatic heterocycles. The van der Waals surface area contributed by atoms with Gasteiger partial charge in [0.15, 0.2) is 5.60 Å². The SMILES string of the molecule is CC(=O)CC1(O)C(=O)N(CCOc2ccc(C)cc2)c2ccc(C)cc21. The van der Waals surface area contributed by atoms with Gasteiger partial charge in [0.05, 0.1) is 12.2 Å². The summed E-state index contributed by atoms with van der Waals surface area (Å²) in [5, 5.41) is 11.0. The Morgan fingerprint density at radius 2 is 1.77 bits per heavy atom. The minimum absolute atomic E-state index is 0.225. The van der Waals surface area contributed by atoms with Crippen molar-refractivity contribution in [3.63, 3.8) is 0 Å². The molecule has 0 aliphatic carbocycles. The van der Waals surface area contributed by atoms with E-state index in [1.165, 1.54) is 11.8 Å². The predicted molar refractivity (Wildman–Crippen MR) is 99.4 cm³/mol. The van der Waals surface area contributed by atoms with Gasteiger partial charge in [-0.25, -0.2) is 0 Å². The number of carbonyl (C=O) groups is 2. The molecule has 2 aromatic rings. The van der Waals surface area contributed by atoms with E-state index in [4.69, 9.17) is 4.74 Å². The van der Waals surface area contributed by atoms with E-state index < -0.39 is 11.5 Å². The summed E-state index contributed by atoms with van der Waals surface area (Å²) in [5.41, 5.74) is 1.41. The van der Waals surface area contributed by atoms with Crippen molar-refractivity contribution in [2.75, 3.05) is 18.1 Å².